The molecule has 0 aromatic carbocycles. The van der Waals surface area contributed by atoms with E-state index in [0.29, 0.717) is 6.42 Å². The number of nitriles is 1. The fourth-order valence-corrected chi connectivity index (χ4v) is 3.28. The van der Waals surface area contributed by atoms with Crippen LogP contribution in [0.4, 0.5) is 0 Å². The first-order chi connectivity index (χ1) is 8.69. The van der Waals surface area contributed by atoms with Crippen molar-refractivity contribution < 1.29 is 4.79 Å². The second kappa shape index (κ2) is 6.01. The highest BCUT2D eigenvalue weighted by Gasteiger charge is 2.22. The summed E-state index contributed by atoms with van der Waals surface area (Å²) in [6.07, 6.45) is 4.20. The van der Waals surface area contributed by atoms with Crippen LogP contribution in [0, 0.1) is 24.2 Å². The summed E-state index contributed by atoms with van der Waals surface area (Å²) in [4.78, 5) is 13.1. The van der Waals surface area contributed by atoms with Crippen molar-refractivity contribution in [2.45, 2.75) is 45.1 Å². The molecular weight excluding hydrogens is 244 g/mol. The van der Waals surface area contributed by atoms with Gasteiger partial charge < -0.3 is 5.32 Å². The zero-order valence-corrected chi connectivity index (χ0v) is 11.4. The van der Waals surface area contributed by atoms with Gasteiger partial charge in [0.05, 0.1) is 12.5 Å². The van der Waals surface area contributed by atoms with Crippen LogP contribution < -0.4 is 5.32 Å². The molecule has 1 aromatic heterocycles. The minimum atomic E-state index is 0.112. The summed E-state index contributed by atoms with van der Waals surface area (Å²) in [6.45, 7) is 2.04. The van der Waals surface area contributed by atoms with Gasteiger partial charge in [-0.2, -0.15) is 5.26 Å². The maximum Gasteiger partial charge on any atom is 0.225 e. The summed E-state index contributed by atoms with van der Waals surface area (Å²) < 4.78 is 0. The van der Waals surface area contributed by atoms with Crippen LogP contribution in [0.3, 0.4) is 0 Å². The van der Waals surface area contributed by atoms with Crippen LogP contribution in [-0.4, -0.2) is 11.9 Å². The molecule has 1 aliphatic carbocycles. The minimum Gasteiger partial charge on any atom is -0.353 e. The van der Waals surface area contributed by atoms with Gasteiger partial charge in [-0.1, -0.05) is 0 Å². The molecule has 3 nitrogen and oxygen atoms in total. The van der Waals surface area contributed by atoms with E-state index in [1.807, 2.05) is 18.4 Å². The Labute approximate surface area is 112 Å². The third-order valence-electron chi connectivity index (χ3n) is 3.56. The summed E-state index contributed by atoms with van der Waals surface area (Å²) in [7, 11) is 0. The first kappa shape index (κ1) is 13.1. The molecule has 1 saturated carbocycles. The Morgan fingerprint density at radius 3 is 2.78 bits per heavy atom. The van der Waals surface area contributed by atoms with Crippen molar-refractivity contribution in [3.63, 3.8) is 0 Å². The van der Waals surface area contributed by atoms with Gasteiger partial charge in [0, 0.05) is 16.8 Å². The molecule has 2 rings (SSSR count). The number of amides is 1. The van der Waals surface area contributed by atoms with Crippen molar-refractivity contribution >= 4 is 17.2 Å². The topological polar surface area (TPSA) is 52.9 Å². The quantitative estimate of drug-likeness (QED) is 0.910. The van der Waals surface area contributed by atoms with Crippen molar-refractivity contribution in [2.75, 3.05) is 0 Å². The molecule has 0 aliphatic heterocycles. The average Bonchev–Trinajstić information content (AvgIpc) is 2.76. The molecule has 1 aliphatic rings. The van der Waals surface area contributed by atoms with E-state index in [9.17, 15) is 4.79 Å². The van der Waals surface area contributed by atoms with Gasteiger partial charge in [-0.3, -0.25) is 4.79 Å². The van der Waals surface area contributed by atoms with Gasteiger partial charge in [-0.05, 0) is 49.6 Å². The van der Waals surface area contributed by atoms with Crippen LogP contribution in [0.25, 0.3) is 0 Å². The molecule has 1 amide bonds. The number of hydrogen-bond donors (Lipinski definition) is 1. The predicted molar refractivity (Wildman–Crippen MR) is 72.3 cm³/mol. The number of carbonyl (C=O) groups is 1. The molecule has 1 aromatic rings. The molecule has 0 unspecified atom stereocenters. The number of carbonyl (C=O) groups excluding carboxylic acids is 1. The highest BCUT2D eigenvalue weighted by molar-refractivity contribution is 7.10. The number of aryl methyl sites for hydroxylation is 1. The van der Waals surface area contributed by atoms with Gasteiger partial charge in [0.2, 0.25) is 5.91 Å². The lowest BCUT2D eigenvalue weighted by atomic mass is 9.87. The summed E-state index contributed by atoms with van der Waals surface area (Å²) >= 11 is 1.64. The second-order valence-electron chi connectivity index (χ2n) is 4.95. The maximum absolute atomic E-state index is 11.9. The van der Waals surface area contributed by atoms with Crippen molar-refractivity contribution in [3.05, 3.63) is 21.9 Å². The van der Waals surface area contributed by atoms with E-state index >= 15 is 0 Å². The fraction of sp³-hybridized carbons (Fsp3) is 0.571. The van der Waals surface area contributed by atoms with E-state index in [2.05, 4.69) is 11.4 Å². The Balaban J connectivity index is 1.79. The summed E-state index contributed by atoms with van der Waals surface area (Å²) in [5.74, 6) is 0.304. The Bertz CT molecular complexity index is 453. The van der Waals surface area contributed by atoms with Gasteiger partial charge in [-0.15, -0.1) is 11.3 Å². The number of rotatable bonds is 3. The SMILES string of the molecule is Cc1ccsc1CC(=O)NC1CCC(C#N)CC1. The van der Waals surface area contributed by atoms with Crippen molar-refractivity contribution in [1.29, 1.82) is 5.26 Å². The lowest BCUT2D eigenvalue weighted by Crippen LogP contribution is -2.38. The van der Waals surface area contributed by atoms with E-state index in [-0.39, 0.29) is 17.9 Å². The molecule has 1 fully saturated rings. The van der Waals surface area contributed by atoms with Crippen LogP contribution in [-0.2, 0) is 11.2 Å². The van der Waals surface area contributed by atoms with E-state index in [1.54, 1.807) is 11.3 Å². The highest BCUT2D eigenvalue weighted by Crippen LogP contribution is 2.23. The van der Waals surface area contributed by atoms with Gasteiger partial charge >= 0.3 is 0 Å². The minimum absolute atomic E-state index is 0.112. The van der Waals surface area contributed by atoms with Gasteiger partial charge in [0.25, 0.3) is 0 Å². The number of nitrogens with one attached hydrogen (secondary N) is 1. The molecular formula is C14H18N2OS. The van der Waals surface area contributed by atoms with E-state index < -0.39 is 0 Å². The standard InChI is InChI=1S/C14H18N2OS/c1-10-6-7-18-13(10)8-14(17)16-12-4-2-11(9-15)3-5-12/h6-7,11-12H,2-5,8H2,1H3,(H,16,17). The molecule has 1 N–H and O–H groups in total. The fourth-order valence-electron chi connectivity index (χ4n) is 2.38. The predicted octanol–water partition coefficient (Wildman–Crippen LogP) is 2.80. The molecule has 1 heterocycles. The molecule has 0 bridgehead atoms. The Morgan fingerprint density at radius 1 is 1.50 bits per heavy atom. The monoisotopic (exact) mass is 262 g/mol. The summed E-state index contributed by atoms with van der Waals surface area (Å²) in [5, 5.41) is 13.9. The highest BCUT2D eigenvalue weighted by atomic mass is 32.1. The van der Waals surface area contributed by atoms with E-state index in [0.717, 1.165) is 30.6 Å². The van der Waals surface area contributed by atoms with E-state index in [1.165, 1.54) is 5.56 Å². The van der Waals surface area contributed by atoms with Gasteiger partial charge in [-0.25, -0.2) is 0 Å². The largest absolute Gasteiger partial charge is 0.353 e. The lowest BCUT2D eigenvalue weighted by molar-refractivity contribution is -0.121. The van der Waals surface area contributed by atoms with Gasteiger partial charge in [0.15, 0.2) is 0 Å². The Kier molecular flexibility index (Phi) is 4.38. The zero-order valence-electron chi connectivity index (χ0n) is 10.6. The van der Waals surface area contributed by atoms with Crippen LogP contribution in [0.15, 0.2) is 11.4 Å². The smallest absolute Gasteiger partial charge is 0.225 e. The van der Waals surface area contributed by atoms with Crippen LogP contribution in [0.2, 0.25) is 0 Å². The Hall–Kier alpha value is -1.34. The molecule has 0 saturated heterocycles. The molecule has 4 heteroatoms. The molecule has 0 atom stereocenters. The normalized spacial score (nSPS) is 23.3. The van der Waals surface area contributed by atoms with Crippen LogP contribution >= 0.6 is 11.3 Å². The van der Waals surface area contributed by atoms with Gasteiger partial charge in [0.1, 0.15) is 0 Å². The van der Waals surface area contributed by atoms with Crippen LogP contribution in [0.1, 0.15) is 36.1 Å². The summed E-state index contributed by atoms with van der Waals surface area (Å²) in [5.41, 5.74) is 1.20. The van der Waals surface area contributed by atoms with Crippen molar-refractivity contribution in [2.24, 2.45) is 5.92 Å². The third kappa shape index (κ3) is 3.33. The summed E-state index contributed by atoms with van der Waals surface area (Å²) in [6, 6.07) is 4.62. The first-order valence-electron chi connectivity index (χ1n) is 6.41. The molecule has 96 valence electrons. The average molecular weight is 262 g/mol. The lowest BCUT2D eigenvalue weighted by Gasteiger charge is -2.25. The second-order valence-corrected chi connectivity index (χ2v) is 5.95. The molecule has 0 spiro atoms. The maximum atomic E-state index is 11.9. The van der Waals surface area contributed by atoms with Crippen LogP contribution in [0.5, 0.6) is 0 Å². The Morgan fingerprint density at radius 2 is 2.22 bits per heavy atom. The number of thiophene rings is 1. The number of nitrogens with zero attached hydrogens (tertiary/aromatic N) is 1. The molecule has 0 radical (unpaired) electrons. The van der Waals surface area contributed by atoms with Crippen molar-refractivity contribution in [1.82, 2.24) is 5.32 Å². The first-order valence-corrected chi connectivity index (χ1v) is 7.29. The molecule has 18 heavy (non-hydrogen) atoms. The van der Waals surface area contributed by atoms with Crippen molar-refractivity contribution in [3.8, 4) is 6.07 Å². The van der Waals surface area contributed by atoms with E-state index in [4.69, 9.17) is 5.26 Å². The third-order valence-corrected chi connectivity index (χ3v) is 4.59. The number of hydrogen-bond acceptors (Lipinski definition) is 3. The zero-order chi connectivity index (χ0) is 13.0.